The quantitative estimate of drug-likeness (QED) is 0.645. The van der Waals surface area contributed by atoms with Crippen LogP contribution in [0.25, 0.3) is 10.9 Å². The molecule has 0 saturated heterocycles. The number of aliphatic hydroxyl groups is 1. The van der Waals surface area contributed by atoms with Crippen molar-refractivity contribution in [2.24, 2.45) is 0 Å². The zero-order valence-corrected chi connectivity index (χ0v) is 12.7. The molecule has 112 valence electrons. The Balaban J connectivity index is 0.000000361. The van der Waals surface area contributed by atoms with Crippen molar-refractivity contribution in [2.45, 2.75) is 13.1 Å². The lowest BCUT2D eigenvalue weighted by Crippen LogP contribution is -2.07. The van der Waals surface area contributed by atoms with Crippen LogP contribution in [0.4, 0.5) is 4.39 Å². The van der Waals surface area contributed by atoms with Crippen molar-refractivity contribution in [3.63, 3.8) is 0 Å². The molecule has 1 N–H and O–H groups in total. The number of hydrogen-bond donors (Lipinski definition) is 1. The highest BCUT2D eigenvalue weighted by Gasteiger charge is 2.21. The summed E-state index contributed by atoms with van der Waals surface area (Å²) in [6, 6.07) is 1.43. The summed E-state index contributed by atoms with van der Waals surface area (Å²) in [7, 11) is 2.01. The molecule has 0 amide bonds. The van der Waals surface area contributed by atoms with Gasteiger partial charge in [-0.1, -0.05) is 23.2 Å². The van der Waals surface area contributed by atoms with Crippen LogP contribution in [-0.4, -0.2) is 34.9 Å². The first-order chi connectivity index (χ1) is 9.99. The minimum atomic E-state index is -0.492. The Morgan fingerprint density at radius 2 is 2.10 bits per heavy atom. The first kappa shape index (κ1) is 16.1. The minimum absolute atomic E-state index is 0.0574. The molecule has 21 heavy (non-hydrogen) atoms. The first-order valence-corrected chi connectivity index (χ1v) is 6.92. The molecular formula is C14H13Cl2FN2O2. The van der Waals surface area contributed by atoms with Crippen LogP contribution in [0.5, 0.6) is 0 Å². The number of aromatic nitrogens is 1. The lowest BCUT2D eigenvalue weighted by Gasteiger charge is -2.07. The third kappa shape index (κ3) is 3.16. The Morgan fingerprint density at radius 1 is 1.43 bits per heavy atom. The number of aldehydes is 1. The van der Waals surface area contributed by atoms with E-state index in [9.17, 15) is 4.39 Å². The zero-order valence-electron chi connectivity index (χ0n) is 11.2. The summed E-state index contributed by atoms with van der Waals surface area (Å²) in [5.74, 6) is -0.492. The van der Waals surface area contributed by atoms with Gasteiger partial charge in [-0.15, -0.1) is 0 Å². The normalized spacial score (nSPS) is 13.8. The Morgan fingerprint density at radius 3 is 2.71 bits per heavy atom. The van der Waals surface area contributed by atoms with Crippen molar-refractivity contribution in [3.8, 4) is 0 Å². The molecule has 0 saturated carbocycles. The van der Waals surface area contributed by atoms with E-state index in [0.29, 0.717) is 11.8 Å². The Hall–Kier alpha value is -1.27. The molecular weight excluding hydrogens is 318 g/mol. The monoisotopic (exact) mass is 330 g/mol. The number of benzene rings is 1. The van der Waals surface area contributed by atoms with Crippen LogP contribution in [0.1, 0.15) is 11.1 Å². The molecule has 2 aromatic rings. The number of pyridine rings is 1. The third-order valence-corrected chi connectivity index (χ3v) is 3.98. The molecule has 2 heterocycles. The highest BCUT2D eigenvalue weighted by molar-refractivity contribution is 6.45. The number of fused-ring (bicyclic) bond motifs is 3. The van der Waals surface area contributed by atoms with Crippen molar-refractivity contribution in [2.75, 3.05) is 13.7 Å². The fourth-order valence-electron chi connectivity index (χ4n) is 2.27. The molecule has 0 unspecified atom stereocenters. The van der Waals surface area contributed by atoms with Gasteiger partial charge in [0.05, 0.1) is 22.2 Å². The summed E-state index contributed by atoms with van der Waals surface area (Å²) in [4.78, 5) is 15.3. The molecule has 0 radical (unpaired) electrons. The maximum Gasteiger partial charge on any atom is 0.145 e. The molecule has 1 aromatic heterocycles. The fraction of sp³-hybridized carbons (Fsp3) is 0.286. The first-order valence-electron chi connectivity index (χ1n) is 6.16. The van der Waals surface area contributed by atoms with E-state index in [4.69, 9.17) is 33.1 Å². The molecule has 0 aliphatic carbocycles. The van der Waals surface area contributed by atoms with Gasteiger partial charge in [0.2, 0.25) is 0 Å². The van der Waals surface area contributed by atoms with Crippen LogP contribution < -0.4 is 0 Å². The number of halogens is 3. The largest absolute Gasteiger partial charge is 0.389 e. The van der Waals surface area contributed by atoms with E-state index in [0.717, 1.165) is 29.6 Å². The summed E-state index contributed by atoms with van der Waals surface area (Å²) in [5, 5.41) is 8.41. The van der Waals surface area contributed by atoms with E-state index in [1.165, 1.54) is 6.07 Å². The van der Waals surface area contributed by atoms with Gasteiger partial charge < -0.3 is 9.90 Å². The lowest BCUT2D eigenvalue weighted by molar-refractivity contribution is -0.110. The SMILES string of the molecule is CN1Cc2cnc3c(Cl)c(Cl)c(F)cc3c2C1.O=CCO. The molecule has 0 spiro atoms. The third-order valence-electron chi connectivity index (χ3n) is 3.14. The molecule has 7 heteroatoms. The fourth-order valence-corrected chi connectivity index (χ4v) is 2.66. The van der Waals surface area contributed by atoms with Gasteiger partial charge in [0.25, 0.3) is 0 Å². The molecule has 1 aliphatic heterocycles. The van der Waals surface area contributed by atoms with Gasteiger partial charge in [-0.3, -0.25) is 9.88 Å². The van der Waals surface area contributed by atoms with Crippen molar-refractivity contribution in [3.05, 3.63) is 39.3 Å². The van der Waals surface area contributed by atoms with Crippen LogP contribution >= 0.6 is 23.2 Å². The molecule has 0 bridgehead atoms. The summed E-state index contributed by atoms with van der Waals surface area (Å²) >= 11 is 11.8. The van der Waals surface area contributed by atoms with Crippen LogP contribution in [0.15, 0.2) is 12.3 Å². The van der Waals surface area contributed by atoms with E-state index < -0.39 is 5.82 Å². The lowest BCUT2D eigenvalue weighted by atomic mass is 10.1. The van der Waals surface area contributed by atoms with Crippen molar-refractivity contribution < 1.29 is 14.3 Å². The number of nitrogens with zero attached hydrogens (tertiary/aromatic N) is 2. The second kappa shape index (κ2) is 6.66. The van der Waals surface area contributed by atoms with Gasteiger partial charge in [-0.2, -0.15) is 0 Å². The van der Waals surface area contributed by atoms with E-state index in [-0.39, 0.29) is 16.7 Å². The molecule has 0 atom stereocenters. The number of carbonyl (C=O) groups excluding carboxylic acids is 1. The maximum atomic E-state index is 13.6. The second-order valence-electron chi connectivity index (χ2n) is 4.67. The molecule has 1 aliphatic rings. The van der Waals surface area contributed by atoms with Crippen molar-refractivity contribution >= 4 is 40.4 Å². The molecule has 3 rings (SSSR count). The van der Waals surface area contributed by atoms with Crippen molar-refractivity contribution in [1.82, 2.24) is 9.88 Å². The van der Waals surface area contributed by atoms with Gasteiger partial charge in [-0.05, 0) is 24.2 Å². The van der Waals surface area contributed by atoms with Crippen LogP contribution in [0.3, 0.4) is 0 Å². The predicted octanol–water partition coefficient (Wildman–Crippen LogP) is 2.80. The maximum absolute atomic E-state index is 13.6. The van der Waals surface area contributed by atoms with Crippen LogP contribution in [0.2, 0.25) is 10.0 Å². The summed E-state index contributed by atoms with van der Waals surface area (Å²) in [6.45, 7) is 1.26. The highest BCUT2D eigenvalue weighted by Crippen LogP contribution is 2.36. The topological polar surface area (TPSA) is 53.4 Å². The standard InChI is InChI=1S/C12H9Cl2FN2.C2H4O2/c1-17-4-6-3-16-12-7(8(6)5-17)2-9(15)10(13)11(12)14;3-1-2-4/h2-3H,4-5H2,1H3;1,4H,2H2. The highest BCUT2D eigenvalue weighted by atomic mass is 35.5. The predicted molar refractivity (Wildman–Crippen MR) is 80.0 cm³/mol. The van der Waals surface area contributed by atoms with Gasteiger partial charge in [0.1, 0.15) is 12.1 Å². The number of rotatable bonds is 1. The van der Waals surface area contributed by atoms with Gasteiger partial charge >= 0.3 is 0 Å². The Kier molecular flexibility index (Phi) is 5.11. The minimum Gasteiger partial charge on any atom is -0.389 e. The van der Waals surface area contributed by atoms with Gasteiger partial charge in [0.15, 0.2) is 0 Å². The zero-order chi connectivity index (χ0) is 15.6. The average Bonchev–Trinajstić information content (AvgIpc) is 2.86. The van der Waals surface area contributed by atoms with E-state index >= 15 is 0 Å². The Bertz CT molecular complexity index is 694. The number of hydrogen-bond acceptors (Lipinski definition) is 4. The second-order valence-corrected chi connectivity index (χ2v) is 5.42. The van der Waals surface area contributed by atoms with E-state index in [1.807, 2.05) is 7.05 Å². The molecule has 0 fully saturated rings. The number of aliphatic hydroxyl groups excluding tert-OH is 1. The summed E-state index contributed by atoms with van der Waals surface area (Å²) in [5.41, 5.74) is 2.79. The van der Waals surface area contributed by atoms with Gasteiger partial charge in [-0.25, -0.2) is 4.39 Å². The summed E-state index contributed by atoms with van der Waals surface area (Å²) in [6.07, 6.45) is 2.22. The van der Waals surface area contributed by atoms with Crippen LogP contribution in [0, 0.1) is 5.82 Å². The smallest absolute Gasteiger partial charge is 0.145 e. The average molecular weight is 331 g/mol. The van der Waals surface area contributed by atoms with E-state index in [2.05, 4.69) is 9.88 Å². The van der Waals surface area contributed by atoms with Crippen LogP contribution in [-0.2, 0) is 17.9 Å². The van der Waals surface area contributed by atoms with Gasteiger partial charge in [0, 0.05) is 24.7 Å². The van der Waals surface area contributed by atoms with Crippen molar-refractivity contribution in [1.29, 1.82) is 0 Å². The molecule has 1 aromatic carbocycles. The van der Waals surface area contributed by atoms with E-state index in [1.54, 1.807) is 6.20 Å². The number of carbonyl (C=O) groups is 1. The Labute approximate surface area is 131 Å². The summed E-state index contributed by atoms with van der Waals surface area (Å²) < 4.78 is 13.6. The molecule has 4 nitrogen and oxygen atoms in total.